The molecule has 0 saturated heterocycles. The average Bonchev–Trinajstić information content (AvgIpc) is 3.05. The highest BCUT2D eigenvalue weighted by Gasteiger charge is 2.16. The molecule has 2 aromatic heterocycles. The molecule has 2 heterocycles. The third-order valence-corrected chi connectivity index (χ3v) is 5.16. The fourth-order valence-electron chi connectivity index (χ4n) is 2.89. The van der Waals surface area contributed by atoms with Crippen molar-refractivity contribution in [1.82, 2.24) is 14.8 Å². The molecule has 0 spiro atoms. The van der Waals surface area contributed by atoms with Crippen molar-refractivity contribution in [3.05, 3.63) is 81.3 Å². The third-order valence-electron chi connectivity index (χ3n) is 4.18. The van der Waals surface area contributed by atoms with E-state index in [1.54, 1.807) is 12.1 Å². The van der Waals surface area contributed by atoms with Gasteiger partial charge >= 0.3 is 0 Å². The van der Waals surface area contributed by atoms with E-state index in [0.717, 1.165) is 20.8 Å². The van der Waals surface area contributed by atoms with Gasteiger partial charge in [-0.15, -0.1) is 11.3 Å². The summed E-state index contributed by atoms with van der Waals surface area (Å²) in [5.74, 6) is -0.303. The first-order valence-electron chi connectivity index (χ1n) is 8.30. The van der Waals surface area contributed by atoms with Gasteiger partial charge in [0.2, 0.25) is 0 Å². The lowest BCUT2D eigenvalue weighted by Gasteiger charge is -2.09. The zero-order valence-corrected chi connectivity index (χ0v) is 15.0. The second-order valence-electron chi connectivity index (χ2n) is 6.03. The number of aromatic nitrogens is 3. The fraction of sp³-hybridized carbons (Fsp3) is 0.150. The quantitative estimate of drug-likeness (QED) is 0.544. The first-order chi connectivity index (χ1) is 12.6. The van der Waals surface area contributed by atoms with Crippen LogP contribution in [0, 0.1) is 12.7 Å². The molecule has 0 aliphatic heterocycles. The summed E-state index contributed by atoms with van der Waals surface area (Å²) >= 11 is 1.43. The predicted molar refractivity (Wildman–Crippen MR) is 102 cm³/mol. The minimum Gasteiger partial charge on any atom is -0.265 e. The van der Waals surface area contributed by atoms with Gasteiger partial charge in [-0.2, -0.15) is 5.10 Å². The zero-order valence-electron chi connectivity index (χ0n) is 14.1. The Bertz CT molecular complexity index is 1120. The fourth-order valence-corrected chi connectivity index (χ4v) is 3.81. The average molecular weight is 365 g/mol. The van der Waals surface area contributed by atoms with Crippen molar-refractivity contribution in [1.29, 1.82) is 0 Å². The SMILES string of the molecule is Cc1nc2c(=O)n(CCc3ccccc3)nc(-c3ccc(F)cc3)c2s1. The molecule has 0 aliphatic rings. The number of aryl methyl sites for hydroxylation is 3. The topological polar surface area (TPSA) is 47.8 Å². The van der Waals surface area contributed by atoms with Crippen molar-refractivity contribution >= 4 is 21.6 Å². The highest BCUT2D eigenvalue weighted by molar-refractivity contribution is 7.19. The largest absolute Gasteiger partial charge is 0.294 e. The summed E-state index contributed by atoms with van der Waals surface area (Å²) in [7, 11) is 0. The lowest BCUT2D eigenvalue weighted by atomic mass is 10.1. The van der Waals surface area contributed by atoms with Gasteiger partial charge in [0.15, 0.2) is 5.52 Å². The Labute approximate surface area is 153 Å². The van der Waals surface area contributed by atoms with Gasteiger partial charge in [0.05, 0.1) is 9.71 Å². The van der Waals surface area contributed by atoms with Crippen LogP contribution in [0.25, 0.3) is 21.5 Å². The van der Waals surface area contributed by atoms with Crippen molar-refractivity contribution in [2.24, 2.45) is 0 Å². The monoisotopic (exact) mass is 365 g/mol. The molecule has 130 valence electrons. The van der Waals surface area contributed by atoms with E-state index < -0.39 is 0 Å². The number of halogens is 1. The molecule has 0 aliphatic carbocycles. The summed E-state index contributed by atoms with van der Waals surface area (Å²) in [6.45, 7) is 2.33. The molecule has 0 fully saturated rings. The zero-order chi connectivity index (χ0) is 18.1. The maximum absolute atomic E-state index is 13.3. The number of hydrogen-bond donors (Lipinski definition) is 0. The van der Waals surface area contributed by atoms with Crippen LogP contribution < -0.4 is 5.56 Å². The Morgan fingerprint density at radius 3 is 2.54 bits per heavy atom. The summed E-state index contributed by atoms with van der Waals surface area (Å²) in [6.07, 6.45) is 0.700. The van der Waals surface area contributed by atoms with Gasteiger partial charge in [-0.1, -0.05) is 30.3 Å². The van der Waals surface area contributed by atoms with Crippen LogP contribution in [0.4, 0.5) is 4.39 Å². The van der Waals surface area contributed by atoms with Crippen LogP contribution in [0.3, 0.4) is 0 Å². The molecule has 0 N–H and O–H groups in total. The van der Waals surface area contributed by atoms with Gasteiger partial charge in [0.25, 0.3) is 5.56 Å². The Morgan fingerprint density at radius 1 is 1.08 bits per heavy atom. The van der Waals surface area contributed by atoms with E-state index in [2.05, 4.69) is 10.1 Å². The first-order valence-corrected chi connectivity index (χ1v) is 9.11. The van der Waals surface area contributed by atoms with E-state index >= 15 is 0 Å². The Morgan fingerprint density at radius 2 is 1.81 bits per heavy atom. The van der Waals surface area contributed by atoms with Gasteiger partial charge in [-0.05, 0) is 43.2 Å². The molecule has 4 aromatic rings. The normalized spacial score (nSPS) is 11.2. The van der Waals surface area contributed by atoms with Crippen molar-refractivity contribution in [2.75, 3.05) is 0 Å². The van der Waals surface area contributed by atoms with E-state index in [0.29, 0.717) is 24.2 Å². The van der Waals surface area contributed by atoms with E-state index in [9.17, 15) is 9.18 Å². The molecule has 0 radical (unpaired) electrons. The van der Waals surface area contributed by atoms with Crippen LogP contribution in [-0.2, 0) is 13.0 Å². The number of thiazole rings is 1. The van der Waals surface area contributed by atoms with Crippen molar-refractivity contribution < 1.29 is 4.39 Å². The third kappa shape index (κ3) is 3.15. The molecular formula is C20H16FN3OS. The summed E-state index contributed by atoms with van der Waals surface area (Å²) in [5.41, 5.74) is 2.81. The van der Waals surface area contributed by atoms with Crippen LogP contribution >= 0.6 is 11.3 Å². The number of nitrogens with zero attached hydrogens (tertiary/aromatic N) is 3. The van der Waals surface area contributed by atoms with Crippen LogP contribution in [0.1, 0.15) is 10.6 Å². The van der Waals surface area contributed by atoms with Crippen LogP contribution in [0.15, 0.2) is 59.4 Å². The van der Waals surface area contributed by atoms with E-state index in [1.165, 1.54) is 28.2 Å². The molecule has 0 atom stereocenters. The van der Waals surface area contributed by atoms with Gasteiger partial charge in [0.1, 0.15) is 11.5 Å². The van der Waals surface area contributed by atoms with Crippen LogP contribution in [0.2, 0.25) is 0 Å². The van der Waals surface area contributed by atoms with Crippen LogP contribution in [-0.4, -0.2) is 14.8 Å². The Balaban J connectivity index is 1.81. The molecule has 0 saturated carbocycles. The molecular weight excluding hydrogens is 349 g/mol. The summed E-state index contributed by atoms with van der Waals surface area (Å²) in [6, 6.07) is 16.1. The van der Waals surface area contributed by atoms with Gasteiger partial charge in [-0.25, -0.2) is 14.1 Å². The first kappa shape index (κ1) is 16.6. The number of rotatable bonds is 4. The van der Waals surface area contributed by atoms with Crippen molar-refractivity contribution in [3.63, 3.8) is 0 Å². The predicted octanol–water partition coefficient (Wildman–Crippen LogP) is 4.21. The standard InChI is InChI=1S/C20H16FN3OS/c1-13-22-18-19(26-13)17(15-7-9-16(21)10-8-15)23-24(20(18)25)12-11-14-5-3-2-4-6-14/h2-10H,11-12H2,1H3. The maximum atomic E-state index is 13.3. The van der Waals surface area contributed by atoms with E-state index in [4.69, 9.17) is 0 Å². The lowest BCUT2D eigenvalue weighted by Crippen LogP contribution is -2.24. The smallest absolute Gasteiger partial charge is 0.265 e. The minimum atomic E-state index is -0.303. The van der Waals surface area contributed by atoms with Gasteiger partial charge in [-0.3, -0.25) is 4.79 Å². The maximum Gasteiger partial charge on any atom is 0.294 e. The highest BCUT2D eigenvalue weighted by Crippen LogP contribution is 2.29. The molecule has 0 amide bonds. The van der Waals surface area contributed by atoms with Crippen molar-refractivity contribution in [3.8, 4) is 11.3 Å². The second-order valence-corrected chi connectivity index (χ2v) is 7.23. The summed E-state index contributed by atoms with van der Waals surface area (Å²) < 4.78 is 15.5. The summed E-state index contributed by atoms with van der Waals surface area (Å²) in [5, 5.41) is 5.39. The van der Waals surface area contributed by atoms with Crippen molar-refractivity contribution in [2.45, 2.75) is 19.9 Å². The summed E-state index contributed by atoms with van der Waals surface area (Å²) in [4.78, 5) is 17.2. The number of fused-ring (bicyclic) bond motifs is 1. The molecule has 0 bridgehead atoms. The molecule has 4 nitrogen and oxygen atoms in total. The van der Waals surface area contributed by atoms with E-state index in [1.807, 2.05) is 37.3 Å². The molecule has 26 heavy (non-hydrogen) atoms. The molecule has 2 aromatic carbocycles. The minimum absolute atomic E-state index is 0.189. The number of benzene rings is 2. The van der Waals surface area contributed by atoms with Crippen LogP contribution in [0.5, 0.6) is 0 Å². The Kier molecular flexibility index (Phi) is 4.34. The number of hydrogen-bond acceptors (Lipinski definition) is 4. The van der Waals surface area contributed by atoms with E-state index in [-0.39, 0.29) is 11.4 Å². The Hall–Kier alpha value is -2.86. The van der Waals surface area contributed by atoms with Gasteiger partial charge < -0.3 is 0 Å². The highest BCUT2D eigenvalue weighted by atomic mass is 32.1. The second kappa shape index (κ2) is 6.80. The molecule has 4 rings (SSSR count). The lowest BCUT2D eigenvalue weighted by molar-refractivity contribution is 0.586. The van der Waals surface area contributed by atoms with Gasteiger partial charge in [0, 0.05) is 12.1 Å². The molecule has 0 unspecified atom stereocenters. The molecule has 6 heteroatoms.